The van der Waals surface area contributed by atoms with Crippen LogP contribution in [-0.4, -0.2) is 81.7 Å². The second-order valence-corrected chi connectivity index (χ2v) is 9.14. The van der Waals surface area contributed by atoms with E-state index in [9.17, 15) is 13.9 Å². The smallest absolute Gasteiger partial charge is 0.254 e. The molecule has 4 heterocycles. The number of nitrogens with two attached hydrogens (primary N) is 1. The molecule has 0 unspecified atom stereocenters. The predicted molar refractivity (Wildman–Crippen MR) is 135 cm³/mol. The van der Waals surface area contributed by atoms with Gasteiger partial charge in [-0.25, -0.2) is 13.5 Å². The zero-order valence-electron chi connectivity index (χ0n) is 20.2. The standard InChI is InChI=1S/C25H30F2N8O/c1-2-22-17(14-29-35(22)25-30-23(28)13-24(31-25)34-15-21(36)16-34)4-3-5-32-6-8-33(9-7-32)20-11-18(26)10-19(27)12-20/h3-4,10-14,21,36H,2,5-9,15-16H2,1H3,(H2,28,30,31). The first-order valence-corrected chi connectivity index (χ1v) is 12.1. The fraction of sp³-hybridized carbons (Fsp3) is 0.400. The highest BCUT2D eigenvalue weighted by atomic mass is 19.1. The molecule has 36 heavy (non-hydrogen) atoms. The third-order valence-electron chi connectivity index (χ3n) is 6.58. The zero-order chi connectivity index (χ0) is 25.2. The van der Waals surface area contributed by atoms with Gasteiger partial charge in [0.2, 0.25) is 0 Å². The summed E-state index contributed by atoms with van der Waals surface area (Å²) in [6.45, 7) is 6.87. The van der Waals surface area contributed by atoms with Crippen molar-refractivity contribution in [2.24, 2.45) is 0 Å². The van der Waals surface area contributed by atoms with Gasteiger partial charge in [-0.2, -0.15) is 15.1 Å². The summed E-state index contributed by atoms with van der Waals surface area (Å²) in [6, 6.07) is 5.35. The minimum atomic E-state index is -0.554. The van der Waals surface area contributed by atoms with E-state index in [1.54, 1.807) is 16.9 Å². The van der Waals surface area contributed by atoms with E-state index in [0.717, 1.165) is 43.4 Å². The summed E-state index contributed by atoms with van der Waals surface area (Å²) in [5.74, 6) is 0.333. The predicted octanol–water partition coefficient (Wildman–Crippen LogP) is 2.10. The average molecular weight is 497 g/mol. The Morgan fingerprint density at radius 2 is 1.75 bits per heavy atom. The number of halogens is 2. The van der Waals surface area contributed by atoms with E-state index in [-0.39, 0.29) is 6.10 Å². The van der Waals surface area contributed by atoms with Gasteiger partial charge in [0.1, 0.15) is 23.3 Å². The molecule has 5 rings (SSSR count). The van der Waals surface area contributed by atoms with Crippen LogP contribution in [-0.2, 0) is 6.42 Å². The van der Waals surface area contributed by atoms with Gasteiger partial charge < -0.3 is 20.6 Å². The summed E-state index contributed by atoms with van der Waals surface area (Å²) in [7, 11) is 0. The molecular weight excluding hydrogens is 466 g/mol. The topological polar surface area (TPSA) is 99.6 Å². The number of β-amino-alcohol motifs (C(OH)–C–C–N with tert-alkyl or cyclic N) is 1. The minimum absolute atomic E-state index is 0.343. The lowest BCUT2D eigenvalue weighted by atomic mass is 10.2. The lowest BCUT2D eigenvalue weighted by molar-refractivity contribution is 0.141. The molecule has 0 aliphatic carbocycles. The molecule has 0 atom stereocenters. The summed E-state index contributed by atoms with van der Waals surface area (Å²) in [4.78, 5) is 15.3. The van der Waals surface area contributed by atoms with Gasteiger partial charge in [-0.05, 0) is 18.6 Å². The normalized spacial score (nSPS) is 17.2. The Morgan fingerprint density at radius 3 is 2.42 bits per heavy atom. The molecule has 11 heteroatoms. The van der Waals surface area contributed by atoms with Crippen LogP contribution in [0.1, 0.15) is 18.2 Å². The van der Waals surface area contributed by atoms with E-state index in [1.807, 2.05) is 9.80 Å². The number of piperazine rings is 1. The van der Waals surface area contributed by atoms with E-state index in [0.29, 0.717) is 49.5 Å². The Hall–Kier alpha value is -3.57. The number of nitrogen functional groups attached to an aromatic ring is 1. The second-order valence-electron chi connectivity index (χ2n) is 9.14. The highest BCUT2D eigenvalue weighted by Gasteiger charge is 2.26. The first kappa shape index (κ1) is 24.1. The van der Waals surface area contributed by atoms with Crippen molar-refractivity contribution in [3.8, 4) is 5.95 Å². The molecular formula is C25H30F2N8O. The molecule has 190 valence electrons. The fourth-order valence-corrected chi connectivity index (χ4v) is 4.63. The second kappa shape index (κ2) is 10.2. The van der Waals surface area contributed by atoms with Crippen molar-refractivity contribution in [2.45, 2.75) is 19.4 Å². The Labute approximate surface area is 208 Å². The minimum Gasteiger partial charge on any atom is -0.389 e. The van der Waals surface area contributed by atoms with Gasteiger partial charge in [-0.1, -0.05) is 19.1 Å². The molecule has 0 radical (unpaired) electrons. The third kappa shape index (κ3) is 5.17. The average Bonchev–Trinajstić information content (AvgIpc) is 3.24. The third-order valence-corrected chi connectivity index (χ3v) is 6.58. The van der Waals surface area contributed by atoms with E-state index in [1.165, 1.54) is 12.1 Å². The lowest BCUT2D eigenvalue weighted by Gasteiger charge is -2.36. The molecule has 0 saturated carbocycles. The monoisotopic (exact) mass is 496 g/mol. The van der Waals surface area contributed by atoms with Crippen molar-refractivity contribution >= 4 is 23.4 Å². The van der Waals surface area contributed by atoms with Crippen LogP contribution in [0.3, 0.4) is 0 Å². The number of nitrogens with zero attached hydrogens (tertiary/aromatic N) is 7. The maximum absolute atomic E-state index is 13.5. The van der Waals surface area contributed by atoms with Gasteiger partial charge >= 0.3 is 0 Å². The number of hydrogen-bond acceptors (Lipinski definition) is 8. The van der Waals surface area contributed by atoms with Gasteiger partial charge in [0, 0.05) is 69.2 Å². The molecule has 2 aliphatic rings. The summed E-state index contributed by atoms with van der Waals surface area (Å²) in [5.41, 5.74) is 8.57. The summed E-state index contributed by atoms with van der Waals surface area (Å²) in [5, 5.41) is 14.1. The molecule has 3 aromatic rings. The van der Waals surface area contributed by atoms with E-state index < -0.39 is 11.6 Å². The van der Waals surface area contributed by atoms with Crippen molar-refractivity contribution in [2.75, 3.05) is 61.3 Å². The van der Waals surface area contributed by atoms with Crippen LogP contribution in [0, 0.1) is 11.6 Å². The molecule has 2 saturated heterocycles. The van der Waals surface area contributed by atoms with Gasteiger partial charge in [0.15, 0.2) is 0 Å². The highest BCUT2D eigenvalue weighted by molar-refractivity contribution is 5.54. The van der Waals surface area contributed by atoms with Crippen molar-refractivity contribution in [1.82, 2.24) is 24.6 Å². The highest BCUT2D eigenvalue weighted by Crippen LogP contribution is 2.23. The van der Waals surface area contributed by atoms with E-state index in [4.69, 9.17) is 5.73 Å². The van der Waals surface area contributed by atoms with Crippen LogP contribution < -0.4 is 15.5 Å². The Kier molecular flexibility index (Phi) is 6.84. The maximum Gasteiger partial charge on any atom is 0.254 e. The van der Waals surface area contributed by atoms with Crippen molar-refractivity contribution in [3.63, 3.8) is 0 Å². The Balaban J connectivity index is 1.22. The van der Waals surface area contributed by atoms with Gasteiger partial charge in [-0.15, -0.1) is 0 Å². The maximum atomic E-state index is 13.5. The summed E-state index contributed by atoms with van der Waals surface area (Å²) < 4.78 is 28.8. The fourth-order valence-electron chi connectivity index (χ4n) is 4.63. The first-order chi connectivity index (χ1) is 17.4. The van der Waals surface area contributed by atoms with Gasteiger partial charge in [-0.3, -0.25) is 4.90 Å². The van der Waals surface area contributed by atoms with Crippen LogP contribution in [0.15, 0.2) is 36.5 Å². The van der Waals surface area contributed by atoms with Crippen LogP contribution in [0.5, 0.6) is 0 Å². The SMILES string of the molecule is CCc1c(C=CCN2CCN(c3cc(F)cc(F)c3)CC2)cnn1-c1nc(N)cc(N2CC(O)C2)n1. The largest absolute Gasteiger partial charge is 0.389 e. The molecule has 3 N–H and O–H groups in total. The van der Waals surface area contributed by atoms with Crippen molar-refractivity contribution < 1.29 is 13.9 Å². The molecule has 0 spiro atoms. The lowest BCUT2D eigenvalue weighted by Crippen LogP contribution is -2.51. The van der Waals surface area contributed by atoms with E-state index >= 15 is 0 Å². The van der Waals surface area contributed by atoms with Crippen LogP contribution >= 0.6 is 0 Å². The zero-order valence-corrected chi connectivity index (χ0v) is 20.2. The van der Waals surface area contributed by atoms with Gasteiger partial charge in [0.25, 0.3) is 5.95 Å². The summed E-state index contributed by atoms with van der Waals surface area (Å²) >= 11 is 0. The number of anilines is 3. The van der Waals surface area contributed by atoms with Crippen molar-refractivity contribution in [1.29, 1.82) is 0 Å². The Morgan fingerprint density at radius 1 is 1.03 bits per heavy atom. The molecule has 0 bridgehead atoms. The summed E-state index contributed by atoms with van der Waals surface area (Å²) in [6.07, 6.45) is 6.34. The number of aromatic nitrogens is 4. The molecule has 2 aliphatic heterocycles. The van der Waals surface area contributed by atoms with Crippen LogP contribution in [0.4, 0.5) is 26.1 Å². The molecule has 2 aromatic heterocycles. The number of rotatable bonds is 7. The quantitative estimate of drug-likeness (QED) is 0.513. The first-order valence-electron chi connectivity index (χ1n) is 12.1. The van der Waals surface area contributed by atoms with Crippen molar-refractivity contribution in [3.05, 3.63) is 59.4 Å². The Bertz CT molecular complexity index is 1230. The van der Waals surface area contributed by atoms with Gasteiger partial charge in [0.05, 0.1) is 18.0 Å². The number of benzene rings is 1. The molecule has 9 nitrogen and oxygen atoms in total. The van der Waals surface area contributed by atoms with Crippen LogP contribution in [0.2, 0.25) is 0 Å². The van der Waals surface area contributed by atoms with E-state index in [2.05, 4.69) is 39.0 Å². The number of aliphatic hydroxyl groups is 1. The molecule has 1 aromatic carbocycles. The molecule has 2 fully saturated rings. The van der Waals surface area contributed by atoms with Crippen LogP contribution in [0.25, 0.3) is 12.0 Å². The number of aliphatic hydroxyl groups excluding tert-OH is 1. The molecule has 0 amide bonds. The number of hydrogen-bond donors (Lipinski definition) is 2.